The van der Waals surface area contributed by atoms with E-state index in [1.165, 1.54) is 41.7 Å². The van der Waals surface area contributed by atoms with Gasteiger partial charge in [0.1, 0.15) is 5.75 Å². The van der Waals surface area contributed by atoms with Crippen LogP contribution < -0.4 is 10.1 Å². The summed E-state index contributed by atoms with van der Waals surface area (Å²) in [5.74, 6) is -0.755. The zero-order valence-corrected chi connectivity index (χ0v) is 20.6. The van der Waals surface area contributed by atoms with Crippen molar-refractivity contribution in [2.75, 3.05) is 20.2 Å². The highest BCUT2D eigenvalue weighted by molar-refractivity contribution is 7.89. The van der Waals surface area contributed by atoms with Crippen LogP contribution in [0.2, 0.25) is 5.02 Å². The number of nitrogens with one attached hydrogen (secondary N) is 1. The number of hydrogen-bond donors (Lipinski definition) is 1. The number of halogens is 4. The van der Waals surface area contributed by atoms with Gasteiger partial charge in [-0.3, -0.25) is 4.79 Å². The lowest BCUT2D eigenvalue weighted by atomic mass is 9.94. The molecule has 1 fully saturated rings. The maximum Gasteiger partial charge on any atom is 0.417 e. The van der Waals surface area contributed by atoms with Crippen molar-refractivity contribution < 1.29 is 31.1 Å². The normalized spacial score (nSPS) is 18.7. The molecule has 1 amide bonds. The molecule has 0 spiro atoms. The molecule has 0 unspecified atom stereocenters. The Kier molecular flexibility index (Phi) is 7.31. The number of hydrogen-bond acceptors (Lipinski definition) is 4. The Balaban J connectivity index is 1.64. The summed E-state index contributed by atoms with van der Waals surface area (Å²) >= 11 is 5.94. The summed E-state index contributed by atoms with van der Waals surface area (Å²) in [6, 6.07) is 17.3. The van der Waals surface area contributed by atoms with E-state index in [-0.39, 0.29) is 23.5 Å². The first kappa shape index (κ1) is 26.0. The predicted octanol–water partition coefficient (Wildman–Crippen LogP) is 4.95. The van der Waals surface area contributed by atoms with Crippen LogP contribution in [0.1, 0.15) is 27.4 Å². The number of ether oxygens (including phenoxy) is 1. The predicted molar refractivity (Wildman–Crippen MR) is 129 cm³/mol. The summed E-state index contributed by atoms with van der Waals surface area (Å²) < 4.78 is 72.9. The highest BCUT2D eigenvalue weighted by Crippen LogP contribution is 2.37. The number of carbonyl (C=O) groups is 1. The third-order valence-corrected chi connectivity index (χ3v) is 8.33. The molecular weight excluding hydrogens is 517 g/mol. The Morgan fingerprint density at radius 2 is 1.67 bits per heavy atom. The van der Waals surface area contributed by atoms with Gasteiger partial charge in [-0.25, -0.2) is 8.42 Å². The van der Waals surface area contributed by atoms with Gasteiger partial charge in [0.25, 0.3) is 5.91 Å². The van der Waals surface area contributed by atoms with Gasteiger partial charge in [0.15, 0.2) is 0 Å². The molecule has 1 saturated heterocycles. The van der Waals surface area contributed by atoms with Gasteiger partial charge in [-0.15, -0.1) is 0 Å². The highest BCUT2D eigenvalue weighted by atomic mass is 35.5. The van der Waals surface area contributed by atoms with Gasteiger partial charge in [-0.1, -0.05) is 48.0 Å². The van der Waals surface area contributed by atoms with Gasteiger partial charge >= 0.3 is 6.18 Å². The molecule has 1 N–H and O–H groups in total. The maximum absolute atomic E-state index is 13.3. The third kappa shape index (κ3) is 5.21. The molecule has 4 rings (SSSR count). The van der Waals surface area contributed by atoms with Gasteiger partial charge in [-0.2, -0.15) is 17.5 Å². The zero-order valence-electron chi connectivity index (χ0n) is 19.0. The molecular formula is C25H22ClF3N2O4S. The summed E-state index contributed by atoms with van der Waals surface area (Å²) in [6.07, 6.45) is -4.73. The maximum atomic E-state index is 13.3. The summed E-state index contributed by atoms with van der Waals surface area (Å²) in [4.78, 5) is 13.1. The molecule has 0 aliphatic carbocycles. The smallest absolute Gasteiger partial charge is 0.417 e. The summed E-state index contributed by atoms with van der Waals surface area (Å²) in [5, 5.41) is 2.01. The Bertz CT molecular complexity index is 1350. The molecule has 2 atom stereocenters. The summed E-state index contributed by atoms with van der Waals surface area (Å²) in [7, 11) is -2.45. The minimum Gasteiger partial charge on any atom is -0.497 e. The van der Waals surface area contributed by atoms with E-state index in [1.54, 1.807) is 18.2 Å². The average molecular weight is 539 g/mol. The number of nitrogens with zero attached hydrogens (tertiary/aromatic N) is 1. The van der Waals surface area contributed by atoms with E-state index < -0.39 is 44.7 Å². The van der Waals surface area contributed by atoms with Crippen molar-refractivity contribution in [2.24, 2.45) is 0 Å². The minimum absolute atomic E-state index is 0.0583. The molecule has 0 aromatic heterocycles. The van der Waals surface area contributed by atoms with E-state index in [0.717, 1.165) is 17.7 Å². The molecule has 6 nitrogen and oxygen atoms in total. The van der Waals surface area contributed by atoms with Crippen LogP contribution in [-0.4, -0.2) is 44.9 Å². The van der Waals surface area contributed by atoms with Crippen molar-refractivity contribution in [3.63, 3.8) is 0 Å². The first-order valence-electron chi connectivity index (χ1n) is 10.9. The van der Waals surface area contributed by atoms with Crippen LogP contribution in [0.4, 0.5) is 13.2 Å². The first-order chi connectivity index (χ1) is 17.0. The Morgan fingerprint density at radius 3 is 2.28 bits per heavy atom. The van der Waals surface area contributed by atoms with E-state index in [4.69, 9.17) is 16.3 Å². The molecule has 0 radical (unpaired) electrons. The number of methoxy groups -OCH3 is 1. The number of rotatable bonds is 6. The molecule has 1 aliphatic rings. The molecule has 0 bridgehead atoms. The van der Waals surface area contributed by atoms with Crippen molar-refractivity contribution in [3.05, 3.63) is 94.5 Å². The fourth-order valence-electron chi connectivity index (χ4n) is 4.22. The Labute approximate surface area is 211 Å². The highest BCUT2D eigenvalue weighted by Gasteiger charge is 2.41. The second-order valence-corrected chi connectivity index (χ2v) is 10.6. The van der Waals surface area contributed by atoms with Crippen LogP contribution in [0.5, 0.6) is 5.75 Å². The molecule has 36 heavy (non-hydrogen) atoms. The molecule has 190 valence electrons. The first-order valence-corrected chi connectivity index (χ1v) is 12.7. The van der Waals surface area contributed by atoms with E-state index in [0.29, 0.717) is 5.75 Å². The quantitative estimate of drug-likeness (QED) is 0.482. The second-order valence-electron chi connectivity index (χ2n) is 8.26. The van der Waals surface area contributed by atoms with E-state index in [2.05, 4.69) is 5.32 Å². The fourth-order valence-corrected chi connectivity index (χ4v) is 6.03. The van der Waals surface area contributed by atoms with Crippen molar-refractivity contribution in [2.45, 2.75) is 23.0 Å². The lowest BCUT2D eigenvalue weighted by Gasteiger charge is -2.21. The van der Waals surface area contributed by atoms with Crippen molar-refractivity contribution >= 4 is 27.5 Å². The van der Waals surface area contributed by atoms with E-state index in [9.17, 15) is 26.4 Å². The van der Waals surface area contributed by atoms with Gasteiger partial charge in [-0.05, 0) is 42.0 Å². The van der Waals surface area contributed by atoms with Gasteiger partial charge in [0.05, 0.1) is 34.2 Å². The average Bonchev–Trinajstić information content (AvgIpc) is 3.28. The third-order valence-electron chi connectivity index (χ3n) is 6.08. The molecule has 1 aliphatic heterocycles. The topological polar surface area (TPSA) is 75.7 Å². The monoisotopic (exact) mass is 538 g/mol. The minimum atomic E-state index is -4.73. The largest absolute Gasteiger partial charge is 0.497 e. The number of sulfonamides is 1. The molecule has 3 aromatic rings. The van der Waals surface area contributed by atoms with Gasteiger partial charge in [0, 0.05) is 19.0 Å². The molecule has 0 saturated carbocycles. The summed E-state index contributed by atoms with van der Waals surface area (Å²) in [6.45, 7) is -0.00408. The fraction of sp³-hybridized carbons (Fsp3) is 0.240. The van der Waals surface area contributed by atoms with E-state index >= 15 is 0 Å². The Hall–Kier alpha value is -3.08. The van der Waals surface area contributed by atoms with Crippen molar-refractivity contribution in [1.82, 2.24) is 9.62 Å². The van der Waals surface area contributed by atoms with Crippen molar-refractivity contribution in [3.8, 4) is 5.75 Å². The Morgan fingerprint density at radius 1 is 1.00 bits per heavy atom. The van der Waals surface area contributed by atoms with Crippen LogP contribution in [0, 0.1) is 0 Å². The lowest BCUT2D eigenvalue weighted by Crippen LogP contribution is -2.40. The van der Waals surface area contributed by atoms with E-state index in [1.807, 2.05) is 12.1 Å². The standard InChI is InChI=1S/C25H22ClF3N2O4S/c1-35-17-10-12-18(13-11-17)36(33,34)31-14-20(16-6-3-2-4-7-16)22(15-31)30-24(32)19-8-5-9-21(23(19)26)25(27,28)29/h2-13,20,22H,14-15H2,1H3,(H,30,32)/t20-,22+/m1/s1. The second kappa shape index (κ2) is 10.1. The molecule has 1 heterocycles. The van der Waals surface area contributed by atoms with Crippen LogP contribution in [0.15, 0.2) is 77.7 Å². The number of amides is 1. The van der Waals surface area contributed by atoms with Gasteiger partial charge < -0.3 is 10.1 Å². The van der Waals surface area contributed by atoms with Crippen LogP contribution in [0.25, 0.3) is 0 Å². The zero-order chi connectivity index (χ0) is 26.1. The SMILES string of the molecule is COc1ccc(S(=O)(=O)N2C[C@H](NC(=O)c3cccc(C(F)(F)F)c3Cl)[C@@H](c3ccccc3)C2)cc1. The van der Waals surface area contributed by atoms with Crippen LogP contribution in [-0.2, 0) is 16.2 Å². The van der Waals surface area contributed by atoms with Crippen LogP contribution >= 0.6 is 11.6 Å². The number of benzene rings is 3. The molecule has 3 aromatic carbocycles. The molecule has 11 heteroatoms. The van der Waals surface area contributed by atoms with Gasteiger partial charge in [0.2, 0.25) is 10.0 Å². The lowest BCUT2D eigenvalue weighted by molar-refractivity contribution is -0.137. The van der Waals surface area contributed by atoms with Crippen LogP contribution in [0.3, 0.4) is 0 Å². The number of alkyl halides is 3. The van der Waals surface area contributed by atoms with Crippen molar-refractivity contribution in [1.29, 1.82) is 0 Å². The summed E-state index contributed by atoms with van der Waals surface area (Å²) in [5.41, 5.74) is -0.674. The number of carbonyl (C=O) groups excluding carboxylic acids is 1.